The first-order chi connectivity index (χ1) is 15.8. The quantitative estimate of drug-likeness (QED) is 0.563. The summed E-state index contributed by atoms with van der Waals surface area (Å²) in [6.07, 6.45) is 4.88. The van der Waals surface area contributed by atoms with Crippen LogP contribution in [-0.2, 0) is 4.79 Å². The molecule has 1 aliphatic rings. The number of carbonyl (C=O) groups is 1. The van der Waals surface area contributed by atoms with Crippen LogP contribution < -0.4 is 9.64 Å². The van der Waals surface area contributed by atoms with E-state index >= 15 is 0 Å². The predicted octanol–water partition coefficient (Wildman–Crippen LogP) is 2.49. The van der Waals surface area contributed by atoms with Gasteiger partial charge in [-0.1, -0.05) is 0 Å². The fraction of sp³-hybridized carbons (Fsp3) is 0.273. The van der Waals surface area contributed by atoms with Gasteiger partial charge in [0.05, 0.1) is 23.5 Å². The average molecular weight is 454 g/mol. The normalized spacial score (nSPS) is 14.1. The van der Waals surface area contributed by atoms with Crippen molar-refractivity contribution in [1.29, 1.82) is 5.26 Å². The minimum atomic E-state index is -4.49. The number of alkyl halides is 3. The molecule has 168 valence electrons. The second-order valence-electron chi connectivity index (χ2n) is 7.29. The Morgan fingerprint density at radius 3 is 2.58 bits per heavy atom. The van der Waals surface area contributed by atoms with E-state index in [-0.39, 0.29) is 17.2 Å². The monoisotopic (exact) mass is 454 g/mol. The van der Waals surface area contributed by atoms with Gasteiger partial charge in [-0.3, -0.25) is 4.79 Å². The van der Waals surface area contributed by atoms with Crippen molar-refractivity contribution in [2.24, 2.45) is 0 Å². The van der Waals surface area contributed by atoms with Crippen molar-refractivity contribution in [2.75, 3.05) is 37.7 Å². The van der Waals surface area contributed by atoms with Crippen molar-refractivity contribution in [3.8, 4) is 35.3 Å². The minimum absolute atomic E-state index is 0.0409. The highest BCUT2D eigenvalue weighted by atomic mass is 19.4. The smallest absolute Gasteiger partial charge is 0.422 e. The molecule has 33 heavy (non-hydrogen) atoms. The maximum atomic E-state index is 12.6. The highest BCUT2D eigenvalue weighted by Gasteiger charge is 2.29. The van der Waals surface area contributed by atoms with Gasteiger partial charge < -0.3 is 14.5 Å². The van der Waals surface area contributed by atoms with Crippen LogP contribution in [-0.4, -0.2) is 64.4 Å². The molecular formula is C22H17F3N6O2. The zero-order valence-corrected chi connectivity index (χ0v) is 17.2. The number of anilines is 1. The van der Waals surface area contributed by atoms with Gasteiger partial charge in [-0.2, -0.15) is 23.5 Å². The molecule has 0 aliphatic carbocycles. The van der Waals surface area contributed by atoms with Gasteiger partial charge in [0.1, 0.15) is 17.6 Å². The number of terminal acetylenes is 1. The molecule has 0 spiro atoms. The Bertz CT molecular complexity index is 1260. The summed E-state index contributed by atoms with van der Waals surface area (Å²) in [6, 6.07) is 7.01. The topological polar surface area (TPSA) is 86.8 Å². The van der Waals surface area contributed by atoms with E-state index in [1.165, 1.54) is 23.0 Å². The van der Waals surface area contributed by atoms with Gasteiger partial charge in [-0.05, 0) is 24.1 Å². The molecule has 11 heteroatoms. The van der Waals surface area contributed by atoms with Gasteiger partial charge in [0.2, 0.25) is 0 Å². The summed E-state index contributed by atoms with van der Waals surface area (Å²) in [5.74, 6) is 2.41. The van der Waals surface area contributed by atoms with E-state index in [2.05, 4.69) is 16.0 Å². The third-order valence-electron chi connectivity index (χ3n) is 5.18. The molecule has 4 rings (SSSR count). The summed E-state index contributed by atoms with van der Waals surface area (Å²) in [5.41, 5.74) is 1.75. The number of amides is 1. The summed E-state index contributed by atoms with van der Waals surface area (Å²) in [6.45, 7) is 0.633. The summed E-state index contributed by atoms with van der Waals surface area (Å²) in [5, 5.41) is 13.5. The molecule has 4 heterocycles. The molecule has 0 bridgehead atoms. The van der Waals surface area contributed by atoms with Gasteiger partial charge in [0, 0.05) is 43.5 Å². The maximum absolute atomic E-state index is 12.6. The summed E-state index contributed by atoms with van der Waals surface area (Å²) < 4.78 is 44.0. The molecular weight excluding hydrogens is 437 g/mol. The van der Waals surface area contributed by atoms with E-state index in [1.807, 2.05) is 11.0 Å². The number of fused-ring (bicyclic) bond motifs is 1. The molecule has 0 atom stereocenters. The number of hydrogen-bond acceptors (Lipinski definition) is 6. The van der Waals surface area contributed by atoms with Crippen molar-refractivity contribution in [3.05, 3.63) is 42.4 Å². The Morgan fingerprint density at radius 2 is 1.97 bits per heavy atom. The number of nitriles is 1. The van der Waals surface area contributed by atoms with Crippen LogP contribution in [0.25, 0.3) is 16.6 Å². The second-order valence-corrected chi connectivity index (χ2v) is 7.29. The van der Waals surface area contributed by atoms with E-state index in [0.717, 1.165) is 0 Å². The van der Waals surface area contributed by atoms with Crippen LogP contribution >= 0.6 is 0 Å². The molecule has 3 aromatic rings. The van der Waals surface area contributed by atoms with Crippen LogP contribution in [0.15, 0.2) is 36.8 Å². The fourth-order valence-corrected chi connectivity index (χ4v) is 3.61. The number of halogens is 3. The first kappa shape index (κ1) is 22.0. The van der Waals surface area contributed by atoms with Crippen LogP contribution in [0.4, 0.5) is 19.0 Å². The van der Waals surface area contributed by atoms with Crippen molar-refractivity contribution in [1.82, 2.24) is 19.5 Å². The number of rotatable bonds is 4. The lowest BCUT2D eigenvalue weighted by molar-refractivity contribution is -0.153. The third kappa shape index (κ3) is 4.67. The zero-order valence-electron chi connectivity index (χ0n) is 17.2. The fourth-order valence-electron chi connectivity index (χ4n) is 3.61. The molecule has 0 saturated carbocycles. The lowest BCUT2D eigenvalue weighted by Crippen LogP contribution is -2.48. The molecule has 1 fully saturated rings. The second kappa shape index (κ2) is 8.71. The highest BCUT2D eigenvalue weighted by Crippen LogP contribution is 2.32. The molecule has 3 aromatic heterocycles. The van der Waals surface area contributed by atoms with Gasteiger partial charge in [-0.15, -0.1) is 6.42 Å². The van der Waals surface area contributed by atoms with E-state index in [9.17, 15) is 23.2 Å². The molecule has 0 N–H and O–H groups in total. The van der Waals surface area contributed by atoms with Gasteiger partial charge >= 0.3 is 6.18 Å². The van der Waals surface area contributed by atoms with Gasteiger partial charge in [0.15, 0.2) is 6.61 Å². The Morgan fingerprint density at radius 1 is 1.21 bits per heavy atom. The molecule has 0 aromatic carbocycles. The van der Waals surface area contributed by atoms with Gasteiger partial charge in [-0.25, -0.2) is 9.50 Å². The van der Waals surface area contributed by atoms with Crippen molar-refractivity contribution < 1.29 is 22.7 Å². The van der Waals surface area contributed by atoms with Crippen molar-refractivity contribution in [3.63, 3.8) is 0 Å². The first-order valence-electron chi connectivity index (χ1n) is 9.87. The molecule has 1 amide bonds. The van der Waals surface area contributed by atoms with Gasteiger partial charge in [0.25, 0.3) is 5.91 Å². The Labute approximate surface area is 186 Å². The number of hydrogen-bond donors (Lipinski definition) is 0. The largest absolute Gasteiger partial charge is 0.482 e. The summed E-state index contributed by atoms with van der Waals surface area (Å²) in [4.78, 5) is 19.7. The van der Waals surface area contributed by atoms with Crippen LogP contribution in [0.1, 0.15) is 5.56 Å². The first-order valence-corrected chi connectivity index (χ1v) is 9.87. The minimum Gasteiger partial charge on any atom is -0.482 e. The number of nitrogens with zero attached hydrogens (tertiary/aromatic N) is 6. The molecule has 8 nitrogen and oxygen atoms in total. The van der Waals surface area contributed by atoms with E-state index in [1.54, 1.807) is 23.2 Å². The van der Waals surface area contributed by atoms with E-state index in [0.29, 0.717) is 48.6 Å². The van der Waals surface area contributed by atoms with Crippen molar-refractivity contribution in [2.45, 2.75) is 6.18 Å². The van der Waals surface area contributed by atoms with E-state index < -0.39 is 12.8 Å². The van der Waals surface area contributed by atoms with Crippen LogP contribution in [0.5, 0.6) is 5.75 Å². The Balaban J connectivity index is 1.62. The molecule has 0 unspecified atom stereocenters. The molecule has 1 aliphatic heterocycles. The standard InChI is InChI=1S/C22H17F3N6O2/c1-2-20(32)30-7-5-29(6-8-30)19-4-3-15(11-27-19)18-9-17(33-14-22(23,24)25)13-31-21(18)16(10-26)12-28-31/h1,3-4,9,11-13H,5-8,14H2. The molecule has 1 saturated heterocycles. The van der Waals surface area contributed by atoms with Crippen LogP contribution in [0.3, 0.4) is 0 Å². The Hall–Kier alpha value is -4.25. The lowest BCUT2D eigenvalue weighted by atomic mass is 10.1. The number of aromatic nitrogens is 3. The van der Waals surface area contributed by atoms with E-state index in [4.69, 9.17) is 11.2 Å². The molecule has 0 radical (unpaired) electrons. The van der Waals surface area contributed by atoms with Crippen LogP contribution in [0.2, 0.25) is 0 Å². The SMILES string of the molecule is C#CC(=O)N1CCN(c2ccc(-c3cc(OCC(F)(F)F)cn4ncc(C#N)c34)cn2)CC1. The Kier molecular flexibility index (Phi) is 5.80. The third-order valence-corrected chi connectivity index (χ3v) is 5.18. The summed E-state index contributed by atoms with van der Waals surface area (Å²) in [7, 11) is 0. The number of pyridine rings is 2. The van der Waals surface area contributed by atoms with Crippen LogP contribution in [0, 0.1) is 23.7 Å². The number of carbonyl (C=O) groups excluding carboxylic acids is 1. The van der Waals surface area contributed by atoms with Crippen molar-refractivity contribution >= 4 is 17.2 Å². The predicted molar refractivity (Wildman–Crippen MR) is 112 cm³/mol. The number of piperazine rings is 1. The number of ether oxygens (including phenoxy) is 1. The average Bonchev–Trinajstić information content (AvgIpc) is 3.24. The lowest BCUT2D eigenvalue weighted by Gasteiger charge is -2.34. The highest BCUT2D eigenvalue weighted by molar-refractivity contribution is 5.93. The zero-order chi connectivity index (χ0) is 23.6. The maximum Gasteiger partial charge on any atom is 0.422 e. The summed E-state index contributed by atoms with van der Waals surface area (Å²) >= 11 is 0.